The van der Waals surface area contributed by atoms with E-state index in [9.17, 15) is 4.79 Å². The largest absolute Gasteiger partial charge is 0.378 e. The molecule has 0 aromatic carbocycles. The zero-order valence-corrected chi connectivity index (χ0v) is 12.9. The van der Waals surface area contributed by atoms with Crippen LogP contribution >= 0.6 is 12.4 Å². The second-order valence-corrected chi connectivity index (χ2v) is 5.94. The highest BCUT2D eigenvalue weighted by molar-refractivity contribution is 5.85. The molecule has 2 unspecified atom stereocenters. The molecule has 0 radical (unpaired) electrons. The summed E-state index contributed by atoms with van der Waals surface area (Å²) in [5.41, 5.74) is 0. The molecule has 2 aliphatic rings. The third kappa shape index (κ3) is 4.93. The van der Waals surface area contributed by atoms with Gasteiger partial charge in [-0.2, -0.15) is 0 Å². The zero-order chi connectivity index (χ0) is 13.0. The lowest BCUT2D eigenvalue weighted by Crippen LogP contribution is -2.46. The Kier molecular flexibility index (Phi) is 7.11. The standard InChI is InChI=1S/C14H26N2O2.ClH/c1-11(2)8-13-4-3-6-16(13)14(17)9-12-10-18-7-5-15-12;/h11-13,15H,3-10H2,1-2H3;1H. The van der Waals surface area contributed by atoms with Crippen LogP contribution in [-0.2, 0) is 9.53 Å². The molecule has 2 heterocycles. The molecular formula is C14H27ClN2O2. The van der Waals surface area contributed by atoms with Gasteiger partial charge in [0.15, 0.2) is 0 Å². The maximum atomic E-state index is 12.3. The van der Waals surface area contributed by atoms with E-state index in [-0.39, 0.29) is 18.4 Å². The monoisotopic (exact) mass is 290 g/mol. The van der Waals surface area contributed by atoms with Gasteiger partial charge in [-0.3, -0.25) is 4.79 Å². The maximum absolute atomic E-state index is 12.3. The van der Waals surface area contributed by atoms with E-state index in [0.717, 1.165) is 32.5 Å². The van der Waals surface area contributed by atoms with Crippen LogP contribution in [0.4, 0.5) is 0 Å². The summed E-state index contributed by atoms with van der Waals surface area (Å²) in [5.74, 6) is 0.973. The molecule has 0 bridgehead atoms. The minimum atomic E-state index is 0. The van der Waals surface area contributed by atoms with E-state index in [1.807, 2.05) is 0 Å². The summed E-state index contributed by atoms with van der Waals surface area (Å²) in [5, 5.41) is 3.36. The molecule has 2 rings (SSSR count). The van der Waals surface area contributed by atoms with Crippen LogP contribution in [0.3, 0.4) is 0 Å². The summed E-state index contributed by atoms with van der Waals surface area (Å²) in [6.07, 6.45) is 4.07. The molecule has 1 N–H and O–H groups in total. The fourth-order valence-electron chi connectivity index (χ4n) is 3.03. The summed E-state index contributed by atoms with van der Waals surface area (Å²) >= 11 is 0. The summed E-state index contributed by atoms with van der Waals surface area (Å²) in [6, 6.07) is 0.688. The van der Waals surface area contributed by atoms with Gasteiger partial charge < -0.3 is 15.0 Å². The maximum Gasteiger partial charge on any atom is 0.224 e. The number of ether oxygens (including phenoxy) is 1. The molecule has 19 heavy (non-hydrogen) atoms. The Labute approximate surface area is 122 Å². The van der Waals surface area contributed by atoms with Crippen molar-refractivity contribution in [2.24, 2.45) is 5.92 Å². The van der Waals surface area contributed by atoms with Gasteiger partial charge in [0, 0.05) is 31.6 Å². The van der Waals surface area contributed by atoms with Gasteiger partial charge >= 0.3 is 0 Å². The molecule has 2 aliphatic heterocycles. The van der Waals surface area contributed by atoms with E-state index in [2.05, 4.69) is 24.1 Å². The number of likely N-dealkylation sites (tertiary alicyclic amines) is 1. The van der Waals surface area contributed by atoms with E-state index in [1.54, 1.807) is 0 Å². The summed E-state index contributed by atoms with van der Waals surface area (Å²) in [6.45, 7) is 7.73. The number of carbonyl (C=O) groups excluding carboxylic acids is 1. The molecule has 2 saturated heterocycles. The fraction of sp³-hybridized carbons (Fsp3) is 0.929. The highest BCUT2D eigenvalue weighted by Crippen LogP contribution is 2.24. The molecule has 0 aromatic rings. The number of carbonyl (C=O) groups is 1. The number of amides is 1. The lowest BCUT2D eigenvalue weighted by Gasteiger charge is -2.29. The average molecular weight is 291 g/mol. The Hall–Kier alpha value is -0.320. The predicted molar refractivity (Wildman–Crippen MR) is 78.7 cm³/mol. The van der Waals surface area contributed by atoms with Crippen LogP contribution in [-0.4, -0.2) is 49.2 Å². The first-order valence-electron chi connectivity index (χ1n) is 7.27. The number of nitrogens with one attached hydrogen (secondary N) is 1. The number of hydrogen-bond acceptors (Lipinski definition) is 3. The second-order valence-electron chi connectivity index (χ2n) is 5.94. The Balaban J connectivity index is 0.00000180. The zero-order valence-electron chi connectivity index (χ0n) is 12.1. The molecule has 0 aromatic heterocycles. The van der Waals surface area contributed by atoms with E-state index in [4.69, 9.17) is 4.74 Å². The summed E-state index contributed by atoms with van der Waals surface area (Å²) in [4.78, 5) is 14.4. The van der Waals surface area contributed by atoms with E-state index in [1.165, 1.54) is 6.42 Å². The van der Waals surface area contributed by atoms with Gasteiger partial charge in [-0.25, -0.2) is 0 Å². The second kappa shape index (κ2) is 8.08. The van der Waals surface area contributed by atoms with Crippen molar-refractivity contribution in [3.05, 3.63) is 0 Å². The van der Waals surface area contributed by atoms with Crippen molar-refractivity contribution in [1.29, 1.82) is 0 Å². The lowest BCUT2D eigenvalue weighted by molar-refractivity contribution is -0.133. The quantitative estimate of drug-likeness (QED) is 0.859. The van der Waals surface area contributed by atoms with Crippen molar-refractivity contribution < 1.29 is 9.53 Å². The Morgan fingerprint density at radius 3 is 2.89 bits per heavy atom. The SMILES string of the molecule is CC(C)CC1CCCN1C(=O)CC1COCCN1.Cl. The number of halogens is 1. The molecular weight excluding hydrogens is 264 g/mol. The van der Waals surface area contributed by atoms with Crippen LogP contribution in [0.25, 0.3) is 0 Å². The molecule has 0 saturated carbocycles. The lowest BCUT2D eigenvalue weighted by atomic mass is 10.0. The van der Waals surface area contributed by atoms with Gasteiger partial charge in [-0.05, 0) is 25.2 Å². The smallest absolute Gasteiger partial charge is 0.224 e. The molecule has 0 spiro atoms. The molecule has 1 amide bonds. The highest BCUT2D eigenvalue weighted by Gasteiger charge is 2.30. The van der Waals surface area contributed by atoms with E-state index >= 15 is 0 Å². The summed E-state index contributed by atoms with van der Waals surface area (Å²) < 4.78 is 5.40. The Bertz CT molecular complexity index is 281. The molecule has 0 aliphatic carbocycles. The van der Waals surface area contributed by atoms with Crippen molar-refractivity contribution in [3.8, 4) is 0 Å². The predicted octanol–water partition coefficient (Wildman–Crippen LogP) is 1.82. The van der Waals surface area contributed by atoms with Gasteiger partial charge in [0.25, 0.3) is 0 Å². The third-order valence-corrected chi connectivity index (χ3v) is 3.86. The van der Waals surface area contributed by atoms with Crippen LogP contribution < -0.4 is 5.32 Å². The fourth-order valence-corrected chi connectivity index (χ4v) is 3.03. The van der Waals surface area contributed by atoms with E-state index in [0.29, 0.717) is 30.9 Å². The van der Waals surface area contributed by atoms with Crippen LogP contribution in [0.15, 0.2) is 0 Å². The van der Waals surface area contributed by atoms with Crippen molar-refractivity contribution in [2.75, 3.05) is 26.3 Å². The van der Waals surface area contributed by atoms with Crippen molar-refractivity contribution >= 4 is 18.3 Å². The topological polar surface area (TPSA) is 41.6 Å². The first-order valence-corrected chi connectivity index (χ1v) is 7.27. The van der Waals surface area contributed by atoms with Crippen molar-refractivity contribution in [1.82, 2.24) is 10.2 Å². The average Bonchev–Trinajstić information content (AvgIpc) is 2.77. The Morgan fingerprint density at radius 2 is 2.26 bits per heavy atom. The Morgan fingerprint density at radius 1 is 1.47 bits per heavy atom. The molecule has 2 fully saturated rings. The number of morpholine rings is 1. The number of hydrogen-bond donors (Lipinski definition) is 1. The van der Waals surface area contributed by atoms with Crippen molar-refractivity contribution in [2.45, 2.75) is 51.6 Å². The third-order valence-electron chi connectivity index (χ3n) is 3.86. The molecule has 5 heteroatoms. The van der Waals surface area contributed by atoms with Crippen LogP contribution in [0.2, 0.25) is 0 Å². The highest BCUT2D eigenvalue weighted by atomic mass is 35.5. The minimum Gasteiger partial charge on any atom is -0.378 e. The van der Waals surface area contributed by atoms with Crippen LogP contribution in [0, 0.1) is 5.92 Å². The normalized spacial score (nSPS) is 27.4. The van der Waals surface area contributed by atoms with Gasteiger partial charge in [0.1, 0.15) is 0 Å². The molecule has 2 atom stereocenters. The first-order chi connectivity index (χ1) is 8.66. The van der Waals surface area contributed by atoms with Gasteiger partial charge in [-0.1, -0.05) is 13.8 Å². The number of nitrogens with zero attached hydrogens (tertiary/aromatic N) is 1. The van der Waals surface area contributed by atoms with Crippen molar-refractivity contribution in [3.63, 3.8) is 0 Å². The van der Waals surface area contributed by atoms with Gasteiger partial charge in [-0.15, -0.1) is 12.4 Å². The van der Waals surface area contributed by atoms with Gasteiger partial charge in [0.2, 0.25) is 5.91 Å². The molecule has 112 valence electrons. The number of rotatable bonds is 4. The van der Waals surface area contributed by atoms with E-state index < -0.39 is 0 Å². The summed E-state index contributed by atoms with van der Waals surface area (Å²) in [7, 11) is 0. The van der Waals surface area contributed by atoms with Crippen LogP contribution in [0.1, 0.15) is 39.5 Å². The minimum absolute atomic E-state index is 0. The van der Waals surface area contributed by atoms with Crippen LogP contribution in [0.5, 0.6) is 0 Å². The van der Waals surface area contributed by atoms with Gasteiger partial charge in [0.05, 0.1) is 13.2 Å². The first kappa shape index (κ1) is 16.7. The molecule has 4 nitrogen and oxygen atoms in total.